The molecule has 3 aromatic heterocycles. The number of nitrogens with zero attached hydrogens (tertiary/aromatic N) is 3. The Bertz CT molecular complexity index is 1090. The Morgan fingerprint density at radius 1 is 1.17 bits per heavy atom. The number of pyridine rings is 1. The van der Waals surface area contributed by atoms with Gasteiger partial charge in [0.15, 0.2) is 5.16 Å². The van der Waals surface area contributed by atoms with Crippen LogP contribution < -0.4 is 4.74 Å². The number of hydrogen-bond acceptors (Lipinski definition) is 6. The standard InChI is InChI=1S/C23H26N4OS2/c1-16-9-13-29-22(16)14-27(3)11-12-28-21-8-10-24-20(17(21)2)15-30-23-25-18-6-4-5-7-19(18)26-23/h4-10,13H,11-12,14-15H2,1-3H3,(H,25,26). The average Bonchev–Trinajstić information content (AvgIpc) is 3.34. The second kappa shape index (κ2) is 9.64. The topological polar surface area (TPSA) is 54.0 Å². The summed E-state index contributed by atoms with van der Waals surface area (Å²) in [5, 5.41) is 3.06. The molecule has 30 heavy (non-hydrogen) atoms. The van der Waals surface area contributed by atoms with Crippen molar-refractivity contribution in [3.63, 3.8) is 0 Å². The van der Waals surface area contributed by atoms with Gasteiger partial charge in [-0.25, -0.2) is 4.98 Å². The van der Waals surface area contributed by atoms with Crippen LogP contribution in [0.2, 0.25) is 0 Å². The van der Waals surface area contributed by atoms with E-state index in [0.29, 0.717) is 6.61 Å². The van der Waals surface area contributed by atoms with Gasteiger partial charge in [-0.1, -0.05) is 23.9 Å². The van der Waals surface area contributed by atoms with Crippen molar-refractivity contribution in [2.45, 2.75) is 31.3 Å². The fraction of sp³-hybridized carbons (Fsp3) is 0.304. The molecule has 7 heteroatoms. The van der Waals surface area contributed by atoms with Crippen LogP contribution in [0.25, 0.3) is 11.0 Å². The second-order valence-electron chi connectivity index (χ2n) is 7.34. The summed E-state index contributed by atoms with van der Waals surface area (Å²) in [6.07, 6.45) is 1.83. The quantitative estimate of drug-likeness (QED) is 0.353. The molecular weight excluding hydrogens is 412 g/mol. The first-order chi connectivity index (χ1) is 14.6. The number of ether oxygens (including phenoxy) is 1. The molecule has 0 atom stereocenters. The third-order valence-electron chi connectivity index (χ3n) is 5.08. The molecule has 0 bridgehead atoms. The van der Waals surface area contributed by atoms with E-state index in [9.17, 15) is 0 Å². The first-order valence-electron chi connectivity index (χ1n) is 9.96. The normalized spacial score (nSPS) is 11.5. The number of aryl methyl sites for hydroxylation is 1. The lowest BCUT2D eigenvalue weighted by atomic mass is 10.2. The highest BCUT2D eigenvalue weighted by molar-refractivity contribution is 7.98. The van der Waals surface area contributed by atoms with E-state index in [1.165, 1.54) is 10.4 Å². The largest absolute Gasteiger partial charge is 0.492 e. The number of nitrogens with one attached hydrogen (secondary N) is 1. The van der Waals surface area contributed by atoms with Crippen molar-refractivity contribution in [2.75, 3.05) is 20.2 Å². The predicted molar refractivity (Wildman–Crippen MR) is 126 cm³/mol. The van der Waals surface area contributed by atoms with E-state index in [2.05, 4.69) is 52.2 Å². The highest BCUT2D eigenvalue weighted by atomic mass is 32.2. The minimum Gasteiger partial charge on any atom is -0.492 e. The average molecular weight is 439 g/mol. The maximum atomic E-state index is 6.09. The summed E-state index contributed by atoms with van der Waals surface area (Å²) in [6, 6.07) is 12.2. The molecule has 3 heterocycles. The van der Waals surface area contributed by atoms with E-state index in [1.54, 1.807) is 11.8 Å². The molecule has 1 aromatic carbocycles. The van der Waals surface area contributed by atoms with Crippen molar-refractivity contribution < 1.29 is 4.74 Å². The number of benzene rings is 1. The van der Waals surface area contributed by atoms with Gasteiger partial charge in [-0.15, -0.1) is 11.3 Å². The number of para-hydroxylation sites is 2. The molecule has 5 nitrogen and oxygen atoms in total. The summed E-state index contributed by atoms with van der Waals surface area (Å²) in [6.45, 7) is 6.74. The molecule has 0 fully saturated rings. The van der Waals surface area contributed by atoms with Gasteiger partial charge in [-0.3, -0.25) is 9.88 Å². The lowest BCUT2D eigenvalue weighted by molar-refractivity contribution is 0.232. The summed E-state index contributed by atoms with van der Waals surface area (Å²) in [7, 11) is 2.14. The minimum atomic E-state index is 0.655. The van der Waals surface area contributed by atoms with Gasteiger partial charge in [0.05, 0.1) is 16.7 Å². The summed E-state index contributed by atoms with van der Waals surface area (Å²) < 4.78 is 6.09. The van der Waals surface area contributed by atoms with Gasteiger partial charge in [0, 0.05) is 35.5 Å². The summed E-state index contributed by atoms with van der Waals surface area (Å²) >= 11 is 3.48. The van der Waals surface area contributed by atoms with Crippen LogP contribution in [0.1, 0.15) is 21.7 Å². The number of aromatic amines is 1. The van der Waals surface area contributed by atoms with Gasteiger partial charge in [0.1, 0.15) is 12.4 Å². The molecule has 0 aliphatic heterocycles. The second-order valence-corrected chi connectivity index (χ2v) is 9.31. The molecule has 4 rings (SSSR count). The number of rotatable bonds is 9. The Kier molecular flexibility index (Phi) is 6.72. The zero-order chi connectivity index (χ0) is 20.9. The number of thioether (sulfide) groups is 1. The highest BCUT2D eigenvalue weighted by Gasteiger charge is 2.10. The summed E-state index contributed by atoms with van der Waals surface area (Å²) in [4.78, 5) is 16.3. The molecule has 0 aliphatic carbocycles. The highest BCUT2D eigenvalue weighted by Crippen LogP contribution is 2.27. The lowest BCUT2D eigenvalue weighted by Crippen LogP contribution is -2.24. The van der Waals surface area contributed by atoms with Crippen molar-refractivity contribution in [2.24, 2.45) is 0 Å². The Morgan fingerprint density at radius 3 is 2.83 bits per heavy atom. The Hall–Kier alpha value is -2.35. The maximum absolute atomic E-state index is 6.09. The first kappa shape index (κ1) is 20.9. The Labute approximate surface area is 185 Å². The van der Waals surface area contributed by atoms with Crippen molar-refractivity contribution in [1.29, 1.82) is 0 Å². The zero-order valence-electron chi connectivity index (χ0n) is 17.5. The molecule has 0 saturated heterocycles. The van der Waals surface area contributed by atoms with Crippen LogP contribution in [0, 0.1) is 13.8 Å². The summed E-state index contributed by atoms with van der Waals surface area (Å²) in [5.41, 5.74) is 5.54. The Balaban J connectivity index is 1.31. The van der Waals surface area contributed by atoms with Crippen LogP contribution in [0.5, 0.6) is 5.75 Å². The van der Waals surface area contributed by atoms with Crippen molar-refractivity contribution in [1.82, 2.24) is 19.9 Å². The van der Waals surface area contributed by atoms with Gasteiger partial charge >= 0.3 is 0 Å². The van der Waals surface area contributed by atoms with Gasteiger partial charge in [-0.05, 0) is 56.1 Å². The SMILES string of the molecule is Cc1ccsc1CN(C)CCOc1ccnc(CSc2nc3ccccc3[nH]2)c1C. The van der Waals surface area contributed by atoms with E-state index < -0.39 is 0 Å². The molecule has 1 N–H and O–H groups in total. The van der Waals surface area contributed by atoms with Crippen LogP contribution in [0.3, 0.4) is 0 Å². The summed E-state index contributed by atoms with van der Waals surface area (Å²) in [5.74, 6) is 1.66. The predicted octanol–water partition coefficient (Wildman–Crippen LogP) is 5.44. The van der Waals surface area contributed by atoms with Gasteiger partial charge < -0.3 is 9.72 Å². The van der Waals surface area contributed by atoms with E-state index in [4.69, 9.17) is 4.74 Å². The Morgan fingerprint density at radius 2 is 2.03 bits per heavy atom. The molecule has 4 aromatic rings. The van der Waals surface area contributed by atoms with Crippen LogP contribution >= 0.6 is 23.1 Å². The van der Waals surface area contributed by atoms with E-state index in [0.717, 1.165) is 52.0 Å². The molecule has 0 unspecified atom stereocenters. The maximum Gasteiger partial charge on any atom is 0.166 e. The lowest BCUT2D eigenvalue weighted by Gasteiger charge is -2.18. The number of hydrogen-bond donors (Lipinski definition) is 1. The molecule has 0 radical (unpaired) electrons. The molecular formula is C23H26N4OS2. The molecule has 0 aliphatic rings. The van der Waals surface area contributed by atoms with Crippen LogP contribution in [0.4, 0.5) is 0 Å². The van der Waals surface area contributed by atoms with E-state index in [1.807, 2.05) is 47.9 Å². The fourth-order valence-corrected chi connectivity index (χ4v) is 5.09. The monoisotopic (exact) mass is 438 g/mol. The van der Waals surface area contributed by atoms with Crippen LogP contribution in [-0.2, 0) is 12.3 Å². The van der Waals surface area contributed by atoms with Gasteiger partial charge in [0.25, 0.3) is 0 Å². The van der Waals surface area contributed by atoms with Crippen molar-refractivity contribution in [3.05, 3.63) is 69.7 Å². The number of thiophene rings is 1. The van der Waals surface area contributed by atoms with Crippen molar-refractivity contribution >= 4 is 34.1 Å². The number of likely N-dealkylation sites (N-methyl/N-ethyl adjacent to an activating group) is 1. The number of fused-ring (bicyclic) bond motifs is 1. The van der Waals surface area contributed by atoms with Gasteiger partial charge in [-0.2, -0.15) is 0 Å². The fourth-order valence-electron chi connectivity index (χ4n) is 3.20. The number of aromatic nitrogens is 3. The van der Waals surface area contributed by atoms with Crippen molar-refractivity contribution in [3.8, 4) is 5.75 Å². The molecule has 0 saturated carbocycles. The van der Waals surface area contributed by atoms with E-state index >= 15 is 0 Å². The molecule has 0 amide bonds. The zero-order valence-corrected chi connectivity index (χ0v) is 19.1. The number of imidazole rings is 1. The molecule has 0 spiro atoms. The van der Waals surface area contributed by atoms with Gasteiger partial charge in [0.2, 0.25) is 0 Å². The van der Waals surface area contributed by atoms with Crippen LogP contribution in [0.15, 0.2) is 53.1 Å². The molecule has 156 valence electrons. The van der Waals surface area contributed by atoms with E-state index in [-0.39, 0.29) is 0 Å². The number of H-pyrrole nitrogens is 1. The third-order valence-corrected chi connectivity index (χ3v) is 6.98. The minimum absolute atomic E-state index is 0.655. The smallest absolute Gasteiger partial charge is 0.166 e. The van der Waals surface area contributed by atoms with Crippen LogP contribution in [-0.4, -0.2) is 40.1 Å². The third kappa shape index (κ3) is 5.03. The first-order valence-corrected chi connectivity index (χ1v) is 11.8.